The van der Waals surface area contributed by atoms with E-state index < -0.39 is 0 Å². The Morgan fingerprint density at radius 2 is 2.54 bits per heavy atom. The van der Waals surface area contributed by atoms with Gasteiger partial charge in [0.05, 0.1) is 12.0 Å². The Labute approximate surface area is 76.9 Å². The summed E-state index contributed by atoms with van der Waals surface area (Å²) in [7, 11) is 1.84. The lowest BCUT2D eigenvalue weighted by molar-refractivity contribution is -0.120. The van der Waals surface area contributed by atoms with Gasteiger partial charge in [0.25, 0.3) is 0 Å². The maximum atomic E-state index is 10.9. The average Bonchev–Trinajstić information content (AvgIpc) is 2.52. The molecule has 1 unspecified atom stereocenters. The molecule has 72 valence electrons. The van der Waals surface area contributed by atoms with Gasteiger partial charge in [-0.1, -0.05) is 0 Å². The molecule has 0 spiro atoms. The van der Waals surface area contributed by atoms with E-state index in [1.54, 1.807) is 24.0 Å². The van der Waals surface area contributed by atoms with Gasteiger partial charge >= 0.3 is 0 Å². The summed E-state index contributed by atoms with van der Waals surface area (Å²) in [6.45, 7) is 2.43. The van der Waals surface area contributed by atoms with Crippen LogP contribution in [0.5, 0.6) is 0 Å². The number of nitrogens with two attached hydrogens (primary N) is 1. The second kappa shape index (κ2) is 4.04. The number of rotatable bonds is 4. The van der Waals surface area contributed by atoms with Crippen LogP contribution in [0.3, 0.4) is 0 Å². The van der Waals surface area contributed by atoms with Gasteiger partial charge in [0, 0.05) is 12.7 Å². The number of hydrogen-bond acceptors (Lipinski definition) is 3. The van der Waals surface area contributed by atoms with Gasteiger partial charge in [0.15, 0.2) is 0 Å². The van der Waals surface area contributed by atoms with Crippen LogP contribution >= 0.6 is 0 Å². The Morgan fingerprint density at radius 1 is 1.85 bits per heavy atom. The van der Waals surface area contributed by atoms with Gasteiger partial charge < -0.3 is 15.6 Å². The third kappa shape index (κ3) is 2.06. The Morgan fingerprint density at radius 3 is 3.08 bits per heavy atom. The highest BCUT2D eigenvalue weighted by Crippen LogP contribution is 2.08. The molecule has 0 aromatic carbocycles. The summed E-state index contributed by atoms with van der Waals surface area (Å²) in [5.41, 5.74) is 6.14. The largest absolute Gasteiger partial charge is 0.368 e. The first kappa shape index (κ1) is 9.73. The van der Waals surface area contributed by atoms with Crippen molar-refractivity contribution in [3.8, 4) is 0 Å². The molecular weight excluding hydrogens is 168 g/mol. The normalized spacial score (nSPS) is 12.8. The van der Waals surface area contributed by atoms with Gasteiger partial charge in [0.1, 0.15) is 6.04 Å². The Bertz CT molecular complexity index is 294. The van der Waals surface area contributed by atoms with Crippen molar-refractivity contribution in [2.75, 3.05) is 7.05 Å². The van der Waals surface area contributed by atoms with Crippen molar-refractivity contribution >= 4 is 5.91 Å². The van der Waals surface area contributed by atoms with Crippen LogP contribution < -0.4 is 11.1 Å². The van der Waals surface area contributed by atoms with E-state index in [2.05, 4.69) is 10.3 Å². The summed E-state index contributed by atoms with van der Waals surface area (Å²) in [4.78, 5) is 14.9. The molecule has 0 aliphatic rings. The summed E-state index contributed by atoms with van der Waals surface area (Å²) < 4.78 is 1.76. The Kier molecular flexibility index (Phi) is 3.02. The van der Waals surface area contributed by atoms with Gasteiger partial charge in [-0.05, 0) is 14.0 Å². The fraction of sp³-hybridized carbons (Fsp3) is 0.500. The molecule has 5 nitrogen and oxygen atoms in total. The van der Waals surface area contributed by atoms with Crippen molar-refractivity contribution in [1.82, 2.24) is 14.9 Å². The minimum Gasteiger partial charge on any atom is -0.368 e. The van der Waals surface area contributed by atoms with Gasteiger partial charge in [-0.15, -0.1) is 0 Å². The van der Waals surface area contributed by atoms with Crippen molar-refractivity contribution in [2.24, 2.45) is 5.73 Å². The van der Waals surface area contributed by atoms with E-state index in [-0.39, 0.29) is 11.9 Å². The van der Waals surface area contributed by atoms with Crippen LogP contribution in [0.4, 0.5) is 0 Å². The highest BCUT2D eigenvalue weighted by molar-refractivity contribution is 5.77. The molecular formula is C8H14N4O. The van der Waals surface area contributed by atoms with E-state index in [9.17, 15) is 4.79 Å². The van der Waals surface area contributed by atoms with Crippen LogP contribution in [0.2, 0.25) is 0 Å². The highest BCUT2D eigenvalue weighted by atomic mass is 16.1. The first-order valence-corrected chi connectivity index (χ1v) is 4.11. The van der Waals surface area contributed by atoms with Crippen LogP contribution in [0, 0.1) is 0 Å². The molecule has 1 atom stereocenters. The molecule has 1 heterocycles. The molecule has 13 heavy (non-hydrogen) atoms. The summed E-state index contributed by atoms with van der Waals surface area (Å²) in [6, 6.07) is -0.342. The molecule has 0 saturated carbocycles. The van der Waals surface area contributed by atoms with Gasteiger partial charge in [-0.25, -0.2) is 4.98 Å². The lowest BCUT2D eigenvalue weighted by Gasteiger charge is -2.12. The van der Waals surface area contributed by atoms with Crippen molar-refractivity contribution < 1.29 is 4.79 Å². The maximum Gasteiger partial charge on any atom is 0.240 e. The summed E-state index contributed by atoms with van der Waals surface area (Å²) in [5, 5.41) is 2.99. The molecule has 1 aromatic rings. The standard InChI is InChI=1S/C8H14N4O/c1-6(8(9)13)12-5-11-4-7(12)3-10-2/h4-6,10H,3H2,1-2H3,(H2,9,13). The first-order valence-electron chi connectivity index (χ1n) is 4.11. The zero-order valence-electron chi connectivity index (χ0n) is 7.82. The second-order valence-electron chi connectivity index (χ2n) is 2.90. The average molecular weight is 182 g/mol. The minimum absolute atomic E-state index is 0.342. The van der Waals surface area contributed by atoms with Crippen LogP contribution in [0.15, 0.2) is 12.5 Å². The summed E-state index contributed by atoms with van der Waals surface area (Å²) in [5.74, 6) is -0.352. The lowest BCUT2D eigenvalue weighted by atomic mass is 10.3. The number of aromatic nitrogens is 2. The molecule has 0 fully saturated rings. The lowest BCUT2D eigenvalue weighted by Crippen LogP contribution is -2.25. The smallest absolute Gasteiger partial charge is 0.240 e. The zero-order chi connectivity index (χ0) is 9.84. The number of hydrogen-bond donors (Lipinski definition) is 2. The monoisotopic (exact) mass is 182 g/mol. The van der Waals surface area contributed by atoms with E-state index >= 15 is 0 Å². The van der Waals surface area contributed by atoms with Crippen molar-refractivity contribution in [2.45, 2.75) is 19.5 Å². The molecule has 5 heteroatoms. The van der Waals surface area contributed by atoms with Crippen LogP contribution in [0.25, 0.3) is 0 Å². The maximum absolute atomic E-state index is 10.9. The molecule has 1 rings (SSSR count). The molecule has 0 aliphatic carbocycles. The van der Waals surface area contributed by atoms with Crippen molar-refractivity contribution in [3.05, 3.63) is 18.2 Å². The van der Waals surface area contributed by atoms with Gasteiger partial charge in [0.2, 0.25) is 5.91 Å². The first-order chi connectivity index (χ1) is 6.16. The summed E-state index contributed by atoms with van der Waals surface area (Å²) in [6.07, 6.45) is 3.33. The van der Waals surface area contributed by atoms with Crippen molar-refractivity contribution in [1.29, 1.82) is 0 Å². The third-order valence-corrected chi connectivity index (χ3v) is 1.93. The molecule has 1 aromatic heterocycles. The molecule has 0 aliphatic heterocycles. The summed E-state index contributed by atoms with van der Waals surface area (Å²) >= 11 is 0. The van der Waals surface area contributed by atoms with Crippen LogP contribution in [-0.4, -0.2) is 22.5 Å². The molecule has 1 amide bonds. The number of nitrogens with one attached hydrogen (secondary N) is 1. The minimum atomic E-state index is -0.352. The predicted octanol–water partition coefficient (Wildman–Crippen LogP) is -0.351. The number of amides is 1. The SMILES string of the molecule is CNCc1cncn1C(C)C(N)=O. The number of primary amides is 1. The highest BCUT2D eigenvalue weighted by Gasteiger charge is 2.13. The van der Waals surface area contributed by atoms with Crippen LogP contribution in [-0.2, 0) is 11.3 Å². The molecule has 0 saturated heterocycles. The van der Waals surface area contributed by atoms with E-state index in [1.165, 1.54) is 0 Å². The number of imidazole rings is 1. The van der Waals surface area contributed by atoms with Crippen LogP contribution in [0.1, 0.15) is 18.7 Å². The molecule has 0 bridgehead atoms. The molecule has 0 radical (unpaired) electrons. The molecule has 3 N–H and O–H groups in total. The van der Waals surface area contributed by atoms with Gasteiger partial charge in [-0.3, -0.25) is 4.79 Å². The fourth-order valence-electron chi connectivity index (χ4n) is 1.14. The van der Waals surface area contributed by atoms with Crippen molar-refractivity contribution in [3.63, 3.8) is 0 Å². The fourth-order valence-corrected chi connectivity index (χ4v) is 1.14. The van der Waals surface area contributed by atoms with Gasteiger partial charge in [-0.2, -0.15) is 0 Å². The van der Waals surface area contributed by atoms with E-state index in [0.717, 1.165) is 5.69 Å². The third-order valence-electron chi connectivity index (χ3n) is 1.93. The number of nitrogens with zero attached hydrogens (tertiary/aromatic N) is 2. The van der Waals surface area contributed by atoms with E-state index in [0.29, 0.717) is 6.54 Å². The topological polar surface area (TPSA) is 72.9 Å². The Balaban J connectivity index is 2.86. The number of carbonyl (C=O) groups excluding carboxylic acids is 1. The predicted molar refractivity (Wildman–Crippen MR) is 48.9 cm³/mol. The quantitative estimate of drug-likeness (QED) is 0.668. The second-order valence-corrected chi connectivity index (χ2v) is 2.90. The number of carbonyl (C=O) groups is 1. The zero-order valence-corrected chi connectivity index (χ0v) is 7.82. The van der Waals surface area contributed by atoms with E-state index in [4.69, 9.17) is 5.73 Å². The Hall–Kier alpha value is -1.36. The van der Waals surface area contributed by atoms with E-state index in [1.807, 2.05) is 7.05 Å².